The maximum atomic E-state index is 5.91. The summed E-state index contributed by atoms with van der Waals surface area (Å²) in [4.78, 5) is 10.6. The fourth-order valence-corrected chi connectivity index (χ4v) is 2.49. The molecule has 1 aliphatic heterocycles. The second-order valence-corrected chi connectivity index (χ2v) is 4.85. The molecule has 1 saturated heterocycles. The highest BCUT2D eigenvalue weighted by atomic mass is 16.5. The highest BCUT2D eigenvalue weighted by Crippen LogP contribution is 2.23. The molecule has 5 heteroatoms. The van der Waals surface area contributed by atoms with E-state index in [1.807, 2.05) is 0 Å². The van der Waals surface area contributed by atoms with E-state index in [1.54, 1.807) is 6.33 Å². The van der Waals surface area contributed by atoms with Crippen molar-refractivity contribution in [3.63, 3.8) is 0 Å². The molecule has 0 aliphatic carbocycles. The first-order valence-electron chi connectivity index (χ1n) is 6.60. The number of hydrogen-bond acceptors (Lipinski definition) is 5. The summed E-state index contributed by atoms with van der Waals surface area (Å²) >= 11 is 0. The highest BCUT2D eigenvalue weighted by Gasteiger charge is 2.18. The molecule has 0 saturated carbocycles. The minimum absolute atomic E-state index is 0.598. The van der Waals surface area contributed by atoms with Gasteiger partial charge in [0, 0.05) is 32.4 Å². The van der Waals surface area contributed by atoms with Crippen molar-refractivity contribution in [2.24, 2.45) is 5.92 Å². The maximum Gasteiger partial charge on any atom is 0.137 e. The number of aromatic nitrogens is 2. The van der Waals surface area contributed by atoms with Crippen LogP contribution < -0.4 is 10.6 Å². The lowest BCUT2D eigenvalue weighted by Gasteiger charge is -2.28. The van der Waals surface area contributed by atoms with Crippen molar-refractivity contribution in [2.75, 3.05) is 37.4 Å². The van der Waals surface area contributed by atoms with E-state index in [2.05, 4.69) is 28.8 Å². The summed E-state index contributed by atoms with van der Waals surface area (Å²) in [5.41, 5.74) is 6.95. The number of anilines is 2. The minimum Gasteiger partial charge on any atom is -0.383 e. The van der Waals surface area contributed by atoms with Crippen molar-refractivity contribution < 1.29 is 4.74 Å². The predicted molar refractivity (Wildman–Crippen MR) is 72.6 cm³/mol. The highest BCUT2D eigenvalue weighted by molar-refractivity contribution is 5.56. The normalized spacial score (nSPS) is 16.8. The molecule has 2 N–H and O–H groups in total. The van der Waals surface area contributed by atoms with Crippen LogP contribution in [-0.2, 0) is 11.2 Å². The van der Waals surface area contributed by atoms with Crippen LogP contribution in [0.5, 0.6) is 0 Å². The summed E-state index contributed by atoms with van der Waals surface area (Å²) in [6.07, 6.45) is 4.67. The lowest BCUT2D eigenvalue weighted by molar-refractivity contribution is 0.0685. The van der Waals surface area contributed by atoms with Crippen LogP contribution in [-0.4, -0.2) is 36.8 Å². The average molecular weight is 250 g/mol. The van der Waals surface area contributed by atoms with Crippen molar-refractivity contribution >= 4 is 11.6 Å². The Morgan fingerprint density at radius 2 is 2.11 bits per heavy atom. The van der Waals surface area contributed by atoms with Gasteiger partial charge in [0.2, 0.25) is 0 Å². The molecule has 1 aliphatic rings. The van der Waals surface area contributed by atoms with Crippen LogP contribution in [0, 0.1) is 5.92 Å². The van der Waals surface area contributed by atoms with Crippen molar-refractivity contribution in [2.45, 2.75) is 26.2 Å². The summed E-state index contributed by atoms with van der Waals surface area (Å²) in [7, 11) is 2.08. The third-order valence-corrected chi connectivity index (χ3v) is 3.54. The molecular formula is C13H22N4O. The SMILES string of the molecule is CCc1c(N)ncnc1N(C)CC1CCOCC1. The van der Waals surface area contributed by atoms with Crippen molar-refractivity contribution in [1.29, 1.82) is 0 Å². The monoisotopic (exact) mass is 250 g/mol. The van der Waals surface area contributed by atoms with Gasteiger partial charge < -0.3 is 15.4 Å². The van der Waals surface area contributed by atoms with Gasteiger partial charge in [0.05, 0.1) is 0 Å². The van der Waals surface area contributed by atoms with E-state index in [1.165, 1.54) is 0 Å². The van der Waals surface area contributed by atoms with E-state index in [-0.39, 0.29) is 0 Å². The summed E-state index contributed by atoms with van der Waals surface area (Å²) in [6, 6.07) is 0. The molecule has 0 atom stereocenters. The van der Waals surface area contributed by atoms with Gasteiger partial charge in [0.15, 0.2) is 0 Å². The zero-order valence-corrected chi connectivity index (χ0v) is 11.2. The summed E-state index contributed by atoms with van der Waals surface area (Å²) in [6.45, 7) is 4.85. The van der Waals surface area contributed by atoms with Crippen LogP contribution in [0.25, 0.3) is 0 Å². The van der Waals surface area contributed by atoms with Gasteiger partial charge in [-0.1, -0.05) is 6.92 Å². The second kappa shape index (κ2) is 6.00. The predicted octanol–water partition coefficient (Wildman–Crippen LogP) is 1.48. The zero-order valence-electron chi connectivity index (χ0n) is 11.2. The Kier molecular flexibility index (Phi) is 4.36. The number of nitrogen functional groups attached to an aromatic ring is 1. The number of ether oxygens (including phenoxy) is 1. The van der Waals surface area contributed by atoms with Gasteiger partial charge in [-0.2, -0.15) is 0 Å². The first kappa shape index (κ1) is 13.1. The van der Waals surface area contributed by atoms with E-state index in [0.717, 1.165) is 50.4 Å². The molecule has 2 rings (SSSR count). The quantitative estimate of drug-likeness (QED) is 0.877. The lowest BCUT2D eigenvalue weighted by Crippen LogP contribution is -2.31. The Morgan fingerprint density at radius 1 is 1.39 bits per heavy atom. The van der Waals surface area contributed by atoms with Gasteiger partial charge in [-0.3, -0.25) is 0 Å². The topological polar surface area (TPSA) is 64.3 Å². The van der Waals surface area contributed by atoms with Gasteiger partial charge >= 0.3 is 0 Å². The molecule has 0 spiro atoms. The molecule has 100 valence electrons. The second-order valence-electron chi connectivity index (χ2n) is 4.85. The fourth-order valence-electron chi connectivity index (χ4n) is 2.49. The molecule has 18 heavy (non-hydrogen) atoms. The standard InChI is InChI=1S/C13H22N4O/c1-3-11-12(14)15-9-16-13(11)17(2)8-10-4-6-18-7-5-10/h9-10H,3-8H2,1-2H3,(H2,14,15,16). The van der Waals surface area contributed by atoms with Gasteiger partial charge in [0.25, 0.3) is 0 Å². The summed E-state index contributed by atoms with van der Waals surface area (Å²) in [5.74, 6) is 2.25. The molecule has 0 amide bonds. The molecule has 1 aromatic rings. The van der Waals surface area contributed by atoms with Crippen LogP contribution in [0.3, 0.4) is 0 Å². The van der Waals surface area contributed by atoms with Gasteiger partial charge in [-0.25, -0.2) is 9.97 Å². The molecule has 1 fully saturated rings. The largest absolute Gasteiger partial charge is 0.383 e. The smallest absolute Gasteiger partial charge is 0.137 e. The van der Waals surface area contributed by atoms with Crippen LogP contribution in [0.4, 0.5) is 11.6 Å². The van der Waals surface area contributed by atoms with Crippen LogP contribution in [0.15, 0.2) is 6.33 Å². The molecule has 1 aromatic heterocycles. The van der Waals surface area contributed by atoms with E-state index >= 15 is 0 Å². The Hall–Kier alpha value is -1.36. The number of nitrogens with two attached hydrogens (primary N) is 1. The van der Waals surface area contributed by atoms with Crippen molar-refractivity contribution in [1.82, 2.24) is 9.97 Å². The fraction of sp³-hybridized carbons (Fsp3) is 0.692. The van der Waals surface area contributed by atoms with E-state index in [4.69, 9.17) is 10.5 Å². The van der Waals surface area contributed by atoms with Crippen LogP contribution >= 0.6 is 0 Å². The van der Waals surface area contributed by atoms with Crippen molar-refractivity contribution in [3.05, 3.63) is 11.9 Å². The Morgan fingerprint density at radius 3 is 2.78 bits per heavy atom. The maximum absolute atomic E-state index is 5.91. The Bertz CT molecular complexity index is 391. The van der Waals surface area contributed by atoms with Gasteiger partial charge in [-0.15, -0.1) is 0 Å². The third kappa shape index (κ3) is 2.90. The van der Waals surface area contributed by atoms with Crippen LogP contribution in [0.1, 0.15) is 25.3 Å². The molecule has 0 bridgehead atoms. The zero-order chi connectivity index (χ0) is 13.0. The van der Waals surface area contributed by atoms with Gasteiger partial charge in [-0.05, 0) is 25.2 Å². The molecule has 0 aromatic carbocycles. The average Bonchev–Trinajstić information content (AvgIpc) is 2.39. The van der Waals surface area contributed by atoms with Crippen LogP contribution in [0.2, 0.25) is 0 Å². The Balaban J connectivity index is 2.07. The first-order valence-corrected chi connectivity index (χ1v) is 6.60. The summed E-state index contributed by atoms with van der Waals surface area (Å²) in [5, 5.41) is 0. The molecule has 5 nitrogen and oxygen atoms in total. The molecule has 2 heterocycles. The molecule has 0 radical (unpaired) electrons. The summed E-state index contributed by atoms with van der Waals surface area (Å²) < 4.78 is 5.39. The Labute approximate surface area is 108 Å². The number of nitrogens with zero attached hydrogens (tertiary/aromatic N) is 3. The van der Waals surface area contributed by atoms with E-state index in [0.29, 0.717) is 11.7 Å². The van der Waals surface area contributed by atoms with Gasteiger partial charge in [0.1, 0.15) is 18.0 Å². The minimum atomic E-state index is 0.598. The number of hydrogen-bond donors (Lipinski definition) is 1. The third-order valence-electron chi connectivity index (χ3n) is 3.54. The van der Waals surface area contributed by atoms with Crippen molar-refractivity contribution in [3.8, 4) is 0 Å². The lowest BCUT2D eigenvalue weighted by atomic mass is 10.00. The molecular weight excluding hydrogens is 228 g/mol. The number of rotatable bonds is 4. The molecule has 0 unspecified atom stereocenters. The first-order chi connectivity index (χ1) is 8.72. The van der Waals surface area contributed by atoms with E-state index in [9.17, 15) is 0 Å². The van der Waals surface area contributed by atoms with E-state index < -0.39 is 0 Å².